The number of likely N-dealkylation sites (N-methyl/N-ethyl adjacent to an activating group) is 1. The van der Waals surface area contributed by atoms with Gasteiger partial charge in [0.05, 0.1) is 24.1 Å². The van der Waals surface area contributed by atoms with Crippen molar-refractivity contribution < 1.29 is 37.8 Å². The number of halogens is 1. The first kappa shape index (κ1) is 60.8. The summed E-state index contributed by atoms with van der Waals surface area (Å²) in [5.41, 5.74) is 7.89. The van der Waals surface area contributed by atoms with Gasteiger partial charge in [0.1, 0.15) is 18.1 Å². The lowest BCUT2D eigenvalue weighted by atomic mass is 9.84. The molecule has 390 valence electrons. The van der Waals surface area contributed by atoms with Crippen LogP contribution in [0.5, 0.6) is 0 Å². The van der Waals surface area contributed by atoms with Crippen molar-refractivity contribution in [3.05, 3.63) is 90.3 Å². The number of rotatable bonds is 10. The molecule has 4 aromatic rings. The molecule has 14 nitrogen and oxygen atoms in total. The van der Waals surface area contributed by atoms with E-state index in [1.165, 1.54) is 17.0 Å². The van der Waals surface area contributed by atoms with E-state index in [0.717, 1.165) is 61.1 Å². The van der Waals surface area contributed by atoms with Gasteiger partial charge >= 0.3 is 5.97 Å². The highest BCUT2D eigenvalue weighted by Crippen LogP contribution is 2.42. The average molecular weight is 1060 g/mol. The molecule has 2 fully saturated rings. The van der Waals surface area contributed by atoms with E-state index >= 15 is 4.39 Å². The van der Waals surface area contributed by atoms with E-state index in [0.29, 0.717) is 25.8 Å². The number of hydrogen-bond acceptors (Lipinski definition) is 9. The second kappa shape index (κ2) is 25.4. The van der Waals surface area contributed by atoms with Gasteiger partial charge in [-0.3, -0.25) is 34.0 Å². The van der Waals surface area contributed by atoms with Crippen molar-refractivity contribution in [1.29, 1.82) is 0 Å². The van der Waals surface area contributed by atoms with E-state index in [2.05, 4.69) is 66.9 Å². The van der Waals surface area contributed by atoms with E-state index < -0.39 is 58.8 Å². The number of piperidine rings is 1. The summed E-state index contributed by atoms with van der Waals surface area (Å²) >= 11 is 0. The zero-order chi connectivity index (χ0) is 48.4. The molecule has 4 amide bonds. The highest BCUT2D eigenvalue weighted by Gasteiger charge is 2.47. The van der Waals surface area contributed by atoms with E-state index in [9.17, 15) is 24.0 Å². The van der Waals surface area contributed by atoms with Crippen molar-refractivity contribution in [3.63, 3.8) is 0 Å². The number of aromatic nitrogens is 2. The van der Waals surface area contributed by atoms with Gasteiger partial charge in [-0.25, -0.2) is 9.82 Å². The maximum Gasteiger partial charge on any atom is 0.324 e. The largest absolute Gasteiger partial charge is 0.464 e. The highest BCUT2D eigenvalue weighted by atomic mass is 32.1. The molecule has 71 heavy (non-hydrogen) atoms. The van der Waals surface area contributed by atoms with Gasteiger partial charge in [0.2, 0.25) is 11.8 Å². The third-order valence-electron chi connectivity index (χ3n) is 13.7. The van der Waals surface area contributed by atoms with Crippen LogP contribution in [0.25, 0.3) is 33.3 Å². The molecule has 19 heteroatoms. The number of cyclic esters (lactones) is 1. The van der Waals surface area contributed by atoms with Gasteiger partial charge in [0.25, 0.3) is 11.8 Å². The molecule has 2 N–H and O–H groups in total. The fourth-order valence-electron chi connectivity index (χ4n) is 10.0. The van der Waals surface area contributed by atoms with Crippen LogP contribution in [-0.2, 0) is 52.8 Å². The number of benzene rings is 2. The first-order chi connectivity index (χ1) is 31.9. The quantitative estimate of drug-likeness (QED) is 0.124. The van der Waals surface area contributed by atoms with Crippen molar-refractivity contribution in [1.82, 2.24) is 35.1 Å². The van der Waals surface area contributed by atoms with Crippen LogP contribution in [0, 0.1) is 11.3 Å². The van der Waals surface area contributed by atoms with Crippen LogP contribution >= 0.6 is 54.0 Å². The van der Waals surface area contributed by atoms with Crippen LogP contribution in [0.1, 0.15) is 90.2 Å². The number of hydrogen-bond donors (Lipinski definition) is 2. The second-order valence-corrected chi connectivity index (χ2v) is 19.4. The van der Waals surface area contributed by atoms with Crippen molar-refractivity contribution >= 4 is 94.5 Å². The molecule has 5 heterocycles. The Morgan fingerprint density at radius 2 is 1.70 bits per heavy atom. The number of aryl methyl sites for hydroxylation is 1. The molecule has 4 atom stereocenters. The zero-order valence-electron chi connectivity index (χ0n) is 42.2. The summed E-state index contributed by atoms with van der Waals surface area (Å²) in [6.45, 7) is 16.5. The molecule has 2 aromatic carbocycles. The number of alkyl halides is 1. The first-order valence-electron chi connectivity index (χ1n) is 23.5. The fraction of sp³-hybridized carbons (Fsp3) is 0.500. The molecule has 6 bridgehead atoms. The van der Waals surface area contributed by atoms with E-state index in [-0.39, 0.29) is 111 Å². The van der Waals surface area contributed by atoms with Crippen LogP contribution in [0.3, 0.4) is 0 Å². The Morgan fingerprint density at radius 1 is 1.01 bits per heavy atom. The minimum absolute atomic E-state index is 0. The Kier molecular flexibility index (Phi) is 21.8. The Morgan fingerprint density at radius 3 is 2.35 bits per heavy atom. The van der Waals surface area contributed by atoms with Crippen molar-refractivity contribution in [2.75, 3.05) is 40.4 Å². The summed E-state index contributed by atoms with van der Waals surface area (Å²) in [5, 5.41) is 5.41. The summed E-state index contributed by atoms with van der Waals surface area (Å²) < 4.78 is 30.7. The van der Waals surface area contributed by atoms with E-state index in [4.69, 9.17) is 14.5 Å². The molecule has 0 radical (unpaired) electrons. The number of nitrogens with zero attached hydrogens (tertiary/aromatic N) is 5. The number of nitrogens with one attached hydrogen (secondary N) is 2. The summed E-state index contributed by atoms with van der Waals surface area (Å²) in [4.78, 5) is 76.7. The number of esters is 1. The minimum Gasteiger partial charge on any atom is -0.464 e. The number of pyridine rings is 1. The normalized spacial score (nSPS) is 19.5. The Hall–Kier alpha value is -4.53. The van der Waals surface area contributed by atoms with E-state index in [1.54, 1.807) is 27.2 Å². The highest BCUT2D eigenvalue weighted by molar-refractivity contribution is 7.59. The van der Waals surface area contributed by atoms with Gasteiger partial charge in [-0.05, 0) is 91.6 Å². The van der Waals surface area contributed by atoms with Gasteiger partial charge in [-0.15, -0.1) is 0 Å². The standard InChI is InChI=1S/C52H66FN7O7.4H2S/c1-10-43(61)58-25-21-52(53,22-26-58)50(65)57(8)45(32(3)4)47(62)55-41-28-34-15-12-16-35(27-34)36-19-20-42-38(29-36)39(46(59(42)11-2)37-17-13-23-54-44(37)33(5)66-9)30-51(6,7)31-67-49(64)40-18-14-24-60(56-40)48(41)63;;;;/h10,12-13,15-17,19-20,23,27,29,32-33,40-41,45,56H,1,11,14,18,21-22,24-26,28,30-31H2,2-9H3,(H,55,62);4*1H2/t33-,40-,41-,45-;;;;/m0..../s1. The van der Waals surface area contributed by atoms with Crippen LogP contribution in [-0.4, -0.2) is 118 Å². The molecule has 3 aliphatic heterocycles. The van der Waals surface area contributed by atoms with Gasteiger partial charge in [-0.2, -0.15) is 54.0 Å². The molecule has 0 saturated carbocycles. The number of ether oxygens (including phenoxy) is 2. The Balaban J connectivity index is 0.00000333. The number of carbonyl (C=O) groups is 5. The average Bonchev–Trinajstić information content (AvgIpc) is 3.63. The third-order valence-corrected chi connectivity index (χ3v) is 13.7. The van der Waals surface area contributed by atoms with Crippen LogP contribution in [0.4, 0.5) is 4.39 Å². The Bertz CT molecular complexity index is 2550. The zero-order valence-corrected chi connectivity index (χ0v) is 46.2. The molecule has 0 spiro atoms. The maximum atomic E-state index is 16.4. The molecule has 2 aromatic heterocycles. The lowest BCUT2D eigenvalue weighted by Gasteiger charge is -2.40. The summed E-state index contributed by atoms with van der Waals surface area (Å²) in [7, 11) is 3.08. The predicted molar refractivity (Wildman–Crippen MR) is 296 cm³/mol. The smallest absolute Gasteiger partial charge is 0.324 e. The van der Waals surface area contributed by atoms with Crippen LogP contribution in [0.15, 0.2) is 73.4 Å². The Labute approximate surface area is 446 Å². The van der Waals surface area contributed by atoms with Crippen molar-refractivity contribution in [3.8, 4) is 22.4 Å². The van der Waals surface area contributed by atoms with Gasteiger partial charge in [0, 0.05) is 87.7 Å². The number of methoxy groups -OCH3 is 1. The fourth-order valence-corrected chi connectivity index (χ4v) is 10.0. The van der Waals surface area contributed by atoms with Crippen LogP contribution in [0.2, 0.25) is 0 Å². The lowest BCUT2D eigenvalue weighted by Crippen LogP contribution is -2.63. The van der Waals surface area contributed by atoms with Crippen molar-refractivity contribution in [2.45, 2.75) is 117 Å². The maximum absolute atomic E-state index is 16.4. The molecular formula is C52H74FN7O7S4. The molecule has 0 aliphatic carbocycles. The topological polar surface area (TPSA) is 155 Å². The number of fused-ring (bicyclic) bond motifs is 6. The number of hydrazine groups is 1. The van der Waals surface area contributed by atoms with Gasteiger partial charge in [0.15, 0.2) is 5.67 Å². The minimum atomic E-state index is -2.29. The summed E-state index contributed by atoms with van der Waals surface area (Å²) in [5.74, 6) is -3.23. The van der Waals surface area contributed by atoms with Gasteiger partial charge in [-0.1, -0.05) is 64.6 Å². The van der Waals surface area contributed by atoms with Crippen LogP contribution < -0.4 is 10.7 Å². The summed E-state index contributed by atoms with van der Waals surface area (Å²) in [6, 6.07) is 15.2. The predicted octanol–water partition coefficient (Wildman–Crippen LogP) is 7.20. The first-order valence-corrected chi connectivity index (χ1v) is 23.5. The van der Waals surface area contributed by atoms with Crippen molar-refractivity contribution in [2.24, 2.45) is 11.3 Å². The number of carbonyl (C=O) groups excluding carboxylic acids is 5. The monoisotopic (exact) mass is 1060 g/mol. The molecule has 0 unspecified atom stereocenters. The molecule has 7 rings (SSSR count). The third kappa shape index (κ3) is 13.0. The lowest BCUT2D eigenvalue weighted by molar-refractivity contribution is -0.156. The molecule has 3 aliphatic rings. The van der Waals surface area contributed by atoms with Gasteiger partial charge < -0.3 is 29.2 Å². The number of likely N-dealkylation sites (tertiary alicyclic amines) is 1. The molecule has 2 saturated heterocycles. The van der Waals surface area contributed by atoms with E-state index in [1.807, 2.05) is 37.3 Å². The second-order valence-electron chi connectivity index (χ2n) is 19.4. The molecular weight excluding hydrogens is 982 g/mol. The number of amides is 4. The SMILES string of the molecule is C=CC(=O)N1CCC(F)(C(=O)N(C)[C@H](C(=O)N[C@H]2Cc3cccc(c3)-c3ccc4c(c3)c(c(-c3cccnc3[C@H](C)OC)n4CC)CC(C)(C)COC(=O)[C@@H]3CCCN(N3)C2=O)C(C)C)CC1.S.S.S.S. The summed E-state index contributed by atoms with van der Waals surface area (Å²) in [6.07, 6.45) is 3.82.